The van der Waals surface area contributed by atoms with Crippen LogP contribution in [0.4, 0.5) is 5.69 Å². The standard InChI is InChI=1S/C11H13NO3S/c1-2-9-3-5-10(6-4-9)12-11(13)7-8-16(12,14)15/h3-6H,2,7-8H2,1H3. The third kappa shape index (κ3) is 1.82. The molecule has 1 saturated heterocycles. The van der Waals surface area contributed by atoms with Crippen molar-refractivity contribution in [3.05, 3.63) is 29.8 Å². The summed E-state index contributed by atoms with van der Waals surface area (Å²) in [6, 6.07) is 7.05. The van der Waals surface area contributed by atoms with Crippen molar-refractivity contribution in [2.75, 3.05) is 10.1 Å². The summed E-state index contributed by atoms with van der Waals surface area (Å²) in [4.78, 5) is 11.5. The van der Waals surface area contributed by atoms with Crippen LogP contribution in [-0.2, 0) is 21.2 Å². The van der Waals surface area contributed by atoms with Crippen LogP contribution in [-0.4, -0.2) is 20.1 Å². The first kappa shape index (κ1) is 11.1. The van der Waals surface area contributed by atoms with E-state index in [0.717, 1.165) is 16.3 Å². The van der Waals surface area contributed by atoms with Crippen LogP contribution >= 0.6 is 0 Å². The molecule has 0 aliphatic carbocycles. The molecule has 0 N–H and O–H groups in total. The summed E-state index contributed by atoms with van der Waals surface area (Å²) >= 11 is 0. The number of carbonyl (C=O) groups is 1. The molecule has 1 aliphatic heterocycles. The van der Waals surface area contributed by atoms with Crippen LogP contribution in [0.1, 0.15) is 18.9 Å². The first-order valence-electron chi connectivity index (χ1n) is 5.19. The van der Waals surface area contributed by atoms with Gasteiger partial charge in [-0.25, -0.2) is 12.7 Å². The summed E-state index contributed by atoms with van der Waals surface area (Å²) in [7, 11) is -3.43. The van der Waals surface area contributed by atoms with E-state index in [0.29, 0.717) is 5.69 Å². The number of sulfonamides is 1. The first-order valence-corrected chi connectivity index (χ1v) is 6.80. The molecule has 16 heavy (non-hydrogen) atoms. The summed E-state index contributed by atoms with van der Waals surface area (Å²) < 4.78 is 24.2. The number of benzene rings is 1. The number of aryl methyl sites for hydroxylation is 1. The maximum absolute atomic E-state index is 11.6. The molecule has 0 radical (unpaired) electrons. The number of anilines is 1. The van der Waals surface area contributed by atoms with Gasteiger partial charge in [-0.15, -0.1) is 0 Å². The molecule has 86 valence electrons. The lowest BCUT2D eigenvalue weighted by atomic mass is 10.1. The maximum Gasteiger partial charge on any atom is 0.242 e. The fraction of sp³-hybridized carbons (Fsp3) is 0.364. The van der Waals surface area contributed by atoms with Crippen molar-refractivity contribution in [2.24, 2.45) is 0 Å². The van der Waals surface area contributed by atoms with Gasteiger partial charge in [0.2, 0.25) is 15.9 Å². The lowest BCUT2D eigenvalue weighted by molar-refractivity contribution is -0.116. The van der Waals surface area contributed by atoms with Gasteiger partial charge < -0.3 is 0 Å². The minimum absolute atomic E-state index is 0.0812. The molecule has 1 aromatic carbocycles. The van der Waals surface area contributed by atoms with Gasteiger partial charge in [0.25, 0.3) is 0 Å². The molecule has 4 nitrogen and oxygen atoms in total. The third-order valence-electron chi connectivity index (χ3n) is 2.66. The highest BCUT2D eigenvalue weighted by molar-refractivity contribution is 7.94. The molecule has 0 bridgehead atoms. The lowest BCUT2D eigenvalue weighted by Crippen LogP contribution is -2.29. The van der Waals surface area contributed by atoms with Crippen molar-refractivity contribution in [1.82, 2.24) is 0 Å². The fourth-order valence-corrected chi connectivity index (χ4v) is 3.20. The number of amides is 1. The Morgan fingerprint density at radius 1 is 1.25 bits per heavy atom. The van der Waals surface area contributed by atoms with E-state index >= 15 is 0 Å². The van der Waals surface area contributed by atoms with Crippen LogP contribution in [0.15, 0.2) is 24.3 Å². The lowest BCUT2D eigenvalue weighted by Gasteiger charge is -2.14. The zero-order valence-corrected chi connectivity index (χ0v) is 9.83. The van der Waals surface area contributed by atoms with E-state index in [1.165, 1.54) is 0 Å². The Morgan fingerprint density at radius 2 is 1.88 bits per heavy atom. The zero-order chi connectivity index (χ0) is 11.8. The van der Waals surface area contributed by atoms with Crippen LogP contribution in [0, 0.1) is 0 Å². The Bertz CT molecular complexity index is 505. The number of hydrogen-bond donors (Lipinski definition) is 0. The van der Waals surface area contributed by atoms with Crippen molar-refractivity contribution in [2.45, 2.75) is 19.8 Å². The smallest absolute Gasteiger partial charge is 0.242 e. The topological polar surface area (TPSA) is 54.5 Å². The van der Waals surface area contributed by atoms with E-state index in [4.69, 9.17) is 0 Å². The predicted octanol–water partition coefficient (Wildman–Crippen LogP) is 1.32. The molecular weight excluding hydrogens is 226 g/mol. The van der Waals surface area contributed by atoms with Crippen molar-refractivity contribution in [1.29, 1.82) is 0 Å². The van der Waals surface area contributed by atoms with E-state index in [1.807, 2.05) is 19.1 Å². The second kappa shape index (κ2) is 3.90. The Hall–Kier alpha value is -1.36. The molecule has 1 aliphatic rings. The van der Waals surface area contributed by atoms with Crippen LogP contribution in [0.3, 0.4) is 0 Å². The van der Waals surface area contributed by atoms with Gasteiger partial charge in [-0.1, -0.05) is 19.1 Å². The summed E-state index contributed by atoms with van der Waals surface area (Å²) in [5.74, 6) is -0.425. The number of nitrogens with zero attached hydrogens (tertiary/aromatic N) is 1. The van der Waals surface area contributed by atoms with Gasteiger partial charge >= 0.3 is 0 Å². The minimum Gasteiger partial charge on any atom is -0.273 e. The molecular formula is C11H13NO3S. The minimum atomic E-state index is -3.43. The van der Waals surface area contributed by atoms with E-state index in [1.54, 1.807) is 12.1 Å². The number of carbonyl (C=O) groups excluding carboxylic acids is 1. The quantitative estimate of drug-likeness (QED) is 0.782. The second-order valence-electron chi connectivity index (χ2n) is 3.74. The van der Waals surface area contributed by atoms with Crippen molar-refractivity contribution in [3.63, 3.8) is 0 Å². The van der Waals surface area contributed by atoms with E-state index in [-0.39, 0.29) is 18.1 Å². The zero-order valence-electron chi connectivity index (χ0n) is 9.01. The highest BCUT2D eigenvalue weighted by Gasteiger charge is 2.35. The molecule has 1 fully saturated rings. The summed E-state index contributed by atoms with van der Waals surface area (Å²) in [6.45, 7) is 2.02. The van der Waals surface area contributed by atoms with Gasteiger partial charge in [-0.3, -0.25) is 4.79 Å². The Balaban J connectivity index is 2.40. The molecule has 5 heteroatoms. The van der Waals surface area contributed by atoms with E-state index in [2.05, 4.69) is 0 Å². The van der Waals surface area contributed by atoms with Crippen LogP contribution in [0.2, 0.25) is 0 Å². The second-order valence-corrected chi connectivity index (χ2v) is 5.68. The van der Waals surface area contributed by atoms with Gasteiger partial charge in [0.1, 0.15) is 0 Å². The van der Waals surface area contributed by atoms with Gasteiger partial charge in [0.15, 0.2) is 0 Å². The average molecular weight is 239 g/mol. The molecule has 0 aromatic heterocycles. The molecule has 0 atom stereocenters. The Labute approximate surface area is 94.9 Å². The van der Waals surface area contributed by atoms with E-state index in [9.17, 15) is 13.2 Å². The molecule has 0 unspecified atom stereocenters. The highest BCUT2D eigenvalue weighted by Crippen LogP contribution is 2.25. The molecule has 1 heterocycles. The normalized spacial score (nSPS) is 19.1. The summed E-state index contributed by atoms with van der Waals surface area (Å²) in [6.07, 6.45) is 0.971. The van der Waals surface area contributed by atoms with E-state index < -0.39 is 10.0 Å². The average Bonchev–Trinajstić information content (AvgIpc) is 2.53. The SMILES string of the molecule is CCc1ccc(N2C(=O)CCS2(=O)=O)cc1. The Kier molecular flexibility index (Phi) is 2.71. The van der Waals surface area contributed by atoms with Gasteiger partial charge in [-0.05, 0) is 24.1 Å². The fourth-order valence-electron chi connectivity index (χ4n) is 1.74. The largest absolute Gasteiger partial charge is 0.273 e. The van der Waals surface area contributed by atoms with Crippen LogP contribution < -0.4 is 4.31 Å². The van der Waals surface area contributed by atoms with Crippen molar-refractivity contribution >= 4 is 21.6 Å². The first-order chi connectivity index (χ1) is 7.54. The molecule has 1 amide bonds. The third-order valence-corrected chi connectivity index (χ3v) is 4.35. The summed E-state index contributed by atoms with van der Waals surface area (Å²) in [5.41, 5.74) is 1.56. The Morgan fingerprint density at radius 3 is 2.31 bits per heavy atom. The van der Waals surface area contributed by atoms with Gasteiger partial charge in [-0.2, -0.15) is 0 Å². The molecule has 1 aromatic rings. The number of hydrogen-bond acceptors (Lipinski definition) is 3. The predicted molar refractivity (Wildman–Crippen MR) is 61.7 cm³/mol. The van der Waals surface area contributed by atoms with Crippen molar-refractivity contribution in [3.8, 4) is 0 Å². The molecule has 0 spiro atoms. The summed E-state index contributed by atoms with van der Waals surface area (Å²) in [5, 5.41) is 0. The van der Waals surface area contributed by atoms with Crippen LogP contribution in [0.5, 0.6) is 0 Å². The van der Waals surface area contributed by atoms with Crippen LogP contribution in [0.25, 0.3) is 0 Å². The van der Waals surface area contributed by atoms with Gasteiger partial charge in [0, 0.05) is 6.42 Å². The molecule has 0 saturated carbocycles. The highest BCUT2D eigenvalue weighted by atomic mass is 32.2. The van der Waals surface area contributed by atoms with Gasteiger partial charge in [0.05, 0.1) is 11.4 Å². The number of rotatable bonds is 2. The van der Waals surface area contributed by atoms with Crippen molar-refractivity contribution < 1.29 is 13.2 Å². The molecule has 2 rings (SSSR count). The maximum atomic E-state index is 11.6. The monoisotopic (exact) mass is 239 g/mol.